The second kappa shape index (κ2) is 9.22. The number of amides is 1. The maximum Gasteiger partial charge on any atom is 0.336 e. The van der Waals surface area contributed by atoms with E-state index in [4.69, 9.17) is 14.3 Å². The summed E-state index contributed by atoms with van der Waals surface area (Å²) in [5.41, 5.74) is 1.05. The van der Waals surface area contributed by atoms with Crippen molar-refractivity contribution in [2.24, 2.45) is 0 Å². The zero-order chi connectivity index (χ0) is 18.2. The molecule has 2 rings (SSSR count). The summed E-state index contributed by atoms with van der Waals surface area (Å²) in [6.45, 7) is 4.18. The number of benzene rings is 1. The van der Waals surface area contributed by atoms with Gasteiger partial charge < -0.3 is 19.6 Å². The smallest absolute Gasteiger partial charge is 0.336 e. The first-order valence-corrected chi connectivity index (χ1v) is 8.67. The standard InChI is InChI=1S/C19H25NO5/c1-3-4-6-14-11-18(22)25-17-12-15(7-8-16(14)17)24-13(2)19(23)20-9-5-10-21/h7-8,11-13,21H,3-6,9-10H2,1-2H3,(H,20,23)/t13-/m1/s1. The number of carbonyl (C=O) groups is 1. The minimum Gasteiger partial charge on any atom is -0.481 e. The van der Waals surface area contributed by atoms with Crippen molar-refractivity contribution in [1.82, 2.24) is 5.32 Å². The maximum absolute atomic E-state index is 11.9. The number of unbranched alkanes of at least 4 members (excludes halogenated alkanes) is 1. The van der Waals surface area contributed by atoms with Gasteiger partial charge in [-0.05, 0) is 43.9 Å². The lowest BCUT2D eigenvalue weighted by Crippen LogP contribution is -2.37. The van der Waals surface area contributed by atoms with E-state index in [9.17, 15) is 9.59 Å². The Kier molecular flexibility index (Phi) is 7.01. The molecule has 0 saturated carbocycles. The molecule has 0 bridgehead atoms. The Morgan fingerprint density at radius 3 is 2.84 bits per heavy atom. The zero-order valence-electron chi connectivity index (χ0n) is 14.7. The van der Waals surface area contributed by atoms with Crippen molar-refractivity contribution in [3.8, 4) is 5.75 Å². The maximum atomic E-state index is 11.9. The number of hydrogen-bond acceptors (Lipinski definition) is 5. The Labute approximate surface area is 146 Å². The molecule has 2 aromatic rings. The molecule has 0 aliphatic rings. The lowest BCUT2D eigenvalue weighted by Gasteiger charge is -2.15. The molecule has 1 heterocycles. The molecule has 1 aromatic heterocycles. The van der Waals surface area contributed by atoms with E-state index in [-0.39, 0.29) is 18.1 Å². The van der Waals surface area contributed by atoms with Crippen molar-refractivity contribution in [2.75, 3.05) is 13.2 Å². The SMILES string of the molecule is CCCCc1cc(=O)oc2cc(O[C@H](C)C(=O)NCCCO)ccc12. The van der Waals surface area contributed by atoms with Crippen LogP contribution in [0.4, 0.5) is 0 Å². The van der Waals surface area contributed by atoms with Gasteiger partial charge in [0.1, 0.15) is 11.3 Å². The molecule has 1 amide bonds. The van der Waals surface area contributed by atoms with Crippen LogP contribution in [0.25, 0.3) is 11.0 Å². The van der Waals surface area contributed by atoms with Gasteiger partial charge in [-0.2, -0.15) is 0 Å². The van der Waals surface area contributed by atoms with Gasteiger partial charge in [0.15, 0.2) is 6.10 Å². The van der Waals surface area contributed by atoms with E-state index in [0.717, 1.165) is 30.2 Å². The monoisotopic (exact) mass is 347 g/mol. The van der Waals surface area contributed by atoms with Gasteiger partial charge in [-0.25, -0.2) is 4.79 Å². The third kappa shape index (κ3) is 5.32. The number of nitrogens with one attached hydrogen (secondary N) is 1. The van der Waals surface area contributed by atoms with Crippen LogP contribution >= 0.6 is 0 Å². The summed E-state index contributed by atoms with van der Waals surface area (Å²) in [7, 11) is 0. The third-order valence-electron chi connectivity index (χ3n) is 3.92. The van der Waals surface area contributed by atoms with Gasteiger partial charge >= 0.3 is 5.63 Å². The summed E-state index contributed by atoms with van der Waals surface area (Å²) >= 11 is 0. The van der Waals surface area contributed by atoms with Gasteiger partial charge in [0.25, 0.3) is 5.91 Å². The van der Waals surface area contributed by atoms with Gasteiger partial charge in [0, 0.05) is 30.7 Å². The summed E-state index contributed by atoms with van der Waals surface area (Å²) < 4.78 is 10.9. The van der Waals surface area contributed by atoms with Crippen LogP contribution in [0, 0.1) is 0 Å². The highest BCUT2D eigenvalue weighted by molar-refractivity contribution is 5.83. The van der Waals surface area contributed by atoms with Gasteiger partial charge in [0.2, 0.25) is 0 Å². The lowest BCUT2D eigenvalue weighted by molar-refractivity contribution is -0.127. The molecular weight excluding hydrogens is 322 g/mol. The molecular formula is C19H25NO5. The first-order valence-electron chi connectivity index (χ1n) is 8.67. The summed E-state index contributed by atoms with van der Waals surface area (Å²) in [4.78, 5) is 23.7. The van der Waals surface area contributed by atoms with Crippen LogP contribution in [0.1, 0.15) is 38.7 Å². The van der Waals surface area contributed by atoms with Crippen LogP contribution in [-0.2, 0) is 11.2 Å². The molecule has 0 radical (unpaired) electrons. The summed E-state index contributed by atoms with van der Waals surface area (Å²) in [6.07, 6.45) is 2.68. The molecule has 0 aliphatic heterocycles. The van der Waals surface area contributed by atoms with Crippen molar-refractivity contribution in [2.45, 2.75) is 45.6 Å². The number of aliphatic hydroxyl groups excluding tert-OH is 1. The number of fused-ring (bicyclic) bond motifs is 1. The summed E-state index contributed by atoms with van der Waals surface area (Å²) in [5, 5.41) is 12.3. The highest BCUT2D eigenvalue weighted by Crippen LogP contribution is 2.24. The van der Waals surface area contributed by atoms with E-state index < -0.39 is 6.10 Å². The quantitative estimate of drug-likeness (QED) is 0.537. The molecule has 6 nitrogen and oxygen atoms in total. The van der Waals surface area contributed by atoms with Crippen molar-refractivity contribution >= 4 is 16.9 Å². The predicted molar refractivity (Wildman–Crippen MR) is 95.9 cm³/mol. The predicted octanol–water partition coefficient (Wildman–Crippen LogP) is 2.40. The second-order valence-corrected chi connectivity index (χ2v) is 5.98. The fraction of sp³-hybridized carbons (Fsp3) is 0.474. The summed E-state index contributed by atoms with van der Waals surface area (Å²) in [5.74, 6) is 0.208. The van der Waals surface area contributed by atoms with E-state index in [2.05, 4.69) is 12.2 Å². The fourth-order valence-corrected chi connectivity index (χ4v) is 2.55. The molecule has 1 atom stereocenters. The molecule has 25 heavy (non-hydrogen) atoms. The van der Waals surface area contributed by atoms with E-state index in [0.29, 0.717) is 24.3 Å². The van der Waals surface area contributed by atoms with E-state index in [1.807, 2.05) is 6.07 Å². The minimum absolute atomic E-state index is 0.0274. The molecule has 0 aliphatic carbocycles. The number of carbonyl (C=O) groups excluding carboxylic acids is 1. The molecule has 0 saturated heterocycles. The largest absolute Gasteiger partial charge is 0.481 e. The van der Waals surface area contributed by atoms with Gasteiger partial charge in [-0.1, -0.05) is 13.3 Å². The van der Waals surface area contributed by atoms with Crippen LogP contribution in [-0.4, -0.2) is 30.3 Å². The Morgan fingerprint density at radius 2 is 2.12 bits per heavy atom. The van der Waals surface area contributed by atoms with Crippen molar-refractivity contribution < 1.29 is 19.1 Å². The van der Waals surface area contributed by atoms with Gasteiger partial charge in [0.05, 0.1) is 0 Å². The van der Waals surface area contributed by atoms with Gasteiger partial charge in [-0.3, -0.25) is 4.79 Å². The average Bonchev–Trinajstić information content (AvgIpc) is 2.59. The molecule has 0 unspecified atom stereocenters. The molecule has 6 heteroatoms. The van der Waals surface area contributed by atoms with Gasteiger partial charge in [-0.15, -0.1) is 0 Å². The number of rotatable bonds is 9. The fourth-order valence-electron chi connectivity index (χ4n) is 2.55. The minimum atomic E-state index is -0.689. The number of aliphatic hydroxyl groups is 1. The number of ether oxygens (including phenoxy) is 1. The normalized spacial score (nSPS) is 12.1. The Bertz CT molecular complexity index is 768. The van der Waals surface area contributed by atoms with E-state index in [1.54, 1.807) is 19.1 Å². The molecule has 1 aromatic carbocycles. The van der Waals surface area contributed by atoms with Crippen LogP contribution < -0.4 is 15.7 Å². The highest BCUT2D eigenvalue weighted by atomic mass is 16.5. The Hall–Kier alpha value is -2.34. The third-order valence-corrected chi connectivity index (χ3v) is 3.92. The Morgan fingerprint density at radius 1 is 1.32 bits per heavy atom. The second-order valence-electron chi connectivity index (χ2n) is 5.98. The molecule has 0 fully saturated rings. The van der Waals surface area contributed by atoms with Crippen LogP contribution in [0.3, 0.4) is 0 Å². The van der Waals surface area contributed by atoms with Crippen molar-refractivity contribution in [1.29, 1.82) is 0 Å². The van der Waals surface area contributed by atoms with Crippen LogP contribution in [0.15, 0.2) is 33.5 Å². The van der Waals surface area contributed by atoms with Crippen LogP contribution in [0.2, 0.25) is 0 Å². The highest BCUT2D eigenvalue weighted by Gasteiger charge is 2.15. The molecule has 0 spiro atoms. The Balaban J connectivity index is 2.15. The first kappa shape index (κ1) is 19.0. The van der Waals surface area contributed by atoms with Crippen LogP contribution in [0.5, 0.6) is 5.75 Å². The van der Waals surface area contributed by atoms with E-state index >= 15 is 0 Å². The zero-order valence-corrected chi connectivity index (χ0v) is 14.7. The summed E-state index contributed by atoms with van der Waals surface area (Å²) in [6, 6.07) is 6.81. The lowest BCUT2D eigenvalue weighted by atomic mass is 10.0. The topological polar surface area (TPSA) is 88.8 Å². The average molecular weight is 347 g/mol. The number of hydrogen-bond donors (Lipinski definition) is 2. The van der Waals surface area contributed by atoms with Crippen molar-refractivity contribution in [3.05, 3.63) is 40.2 Å². The van der Waals surface area contributed by atoms with E-state index in [1.165, 1.54) is 6.07 Å². The first-order chi connectivity index (χ1) is 12.0. The molecule has 136 valence electrons. The molecule has 2 N–H and O–H groups in total. The number of aryl methyl sites for hydroxylation is 1. The van der Waals surface area contributed by atoms with Crippen molar-refractivity contribution in [3.63, 3.8) is 0 Å².